The first kappa shape index (κ1) is 12.0. The van der Waals surface area contributed by atoms with Crippen molar-refractivity contribution < 1.29 is 9.90 Å². The molecule has 0 saturated heterocycles. The number of nitrogens with two attached hydrogens (primary N) is 1. The highest BCUT2D eigenvalue weighted by atomic mass is 16.3. The molecule has 1 amide bonds. The molecule has 6 nitrogen and oxygen atoms in total. The molecule has 18 heavy (non-hydrogen) atoms. The number of aromatic hydroxyl groups is 1. The van der Waals surface area contributed by atoms with Crippen LogP contribution in [-0.2, 0) is 0 Å². The number of hydrogen-bond acceptors (Lipinski definition) is 4. The molecule has 0 fully saturated rings. The number of phenols is 1. The van der Waals surface area contributed by atoms with Crippen molar-refractivity contribution in [1.29, 1.82) is 0 Å². The molecule has 6 heteroatoms. The Morgan fingerprint density at radius 1 is 1.56 bits per heavy atom. The number of hydrogen-bond donors (Lipinski definition) is 4. The zero-order valence-electron chi connectivity index (χ0n) is 9.84. The fraction of sp³-hybridized carbons (Fsp3) is 0.167. The average Bonchev–Trinajstić information content (AvgIpc) is 2.86. The van der Waals surface area contributed by atoms with Crippen LogP contribution in [0.2, 0.25) is 0 Å². The van der Waals surface area contributed by atoms with E-state index < -0.39 is 0 Å². The van der Waals surface area contributed by atoms with E-state index in [1.165, 1.54) is 12.1 Å². The molecule has 0 spiro atoms. The van der Waals surface area contributed by atoms with E-state index in [0.717, 1.165) is 0 Å². The maximum Gasteiger partial charge on any atom is 0.251 e. The van der Waals surface area contributed by atoms with E-state index in [2.05, 4.69) is 15.3 Å². The monoisotopic (exact) mass is 246 g/mol. The van der Waals surface area contributed by atoms with Gasteiger partial charge in [0.05, 0.1) is 11.7 Å². The molecule has 0 aliphatic heterocycles. The standard InChI is InChI=1S/C12H14N4O2/c1-7(11-14-4-5-15-11)16-12(18)8-2-3-9(13)10(17)6-8/h2-7,17H,13H2,1H3,(H,14,15)(H,16,18). The van der Waals surface area contributed by atoms with Crippen LogP contribution in [0.4, 0.5) is 5.69 Å². The van der Waals surface area contributed by atoms with E-state index in [1.54, 1.807) is 18.5 Å². The Labute approximate surface area is 104 Å². The first-order valence-electron chi connectivity index (χ1n) is 5.46. The predicted octanol–water partition coefficient (Wildman–Crippen LogP) is 1.19. The lowest BCUT2D eigenvalue weighted by molar-refractivity contribution is 0.0938. The third kappa shape index (κ3) is 2.42. The molecule has 1 aromatic heterocycles. The number of benzene rings is 1. The highest BCUT2D eigenvalue weighted by molar-refractivity contribution is 5.95. The maximum absolute atomic E-state index is 11.9. The van der Waals surface area contributed by atoms with Crippen LogP contribution in [-0.4, -0.2) is 21.0 Å². The third-order valence-corrected chi connectivity index (χ3v) is 2.57. The van der Waals surface area contributed by atoms with Gasteiger partial charge in [0, 0.05) is 18.0 Å². The summed E-state index contributed by atoms with van der Waals surface area (Å²) in [5, 5.41) is 12.2. The molecule has 0 aliphatic carbocycles. The predicted molar refractivity (Wildman–Crippen MR) is 67.0 cm³/mol. The van der Waals surface area contributed by atoms with Gasteiger partial charge in [-0.2, -0.15) is 0 Å². The average molecular weight is 246 g/mol. The molecular weight excluding hydrogens is 232 g/mol. The number of aromatic amines is 1. The van der Waals surface area contributed by atoms with Gasteiger partial charge in [-0.1, -0.05) is 0 Å². The summed E-state index contributed by atoms with van der Waals surface area (Å²) < 4.78 is 0. The first-order chi connectivity index (χ1) is 8.58. The van der Waals surface area contributed by atoms with Crippen molar-refractivity contribution >= 4 is 11.6 Å². The van der Waals surface area contributed by atoms with E-state index in [0.29, 0.717) is 11.4 Å². The Bertz CT molecular complexity index is 551. The minimum absolute atomic E-state index is 0.103. The minimum atomic E-state index is -0.297. The number of H-pyrrole nitrogens is 1. The van der Waals surface area contributed by atoms with E-state index in [-0.39, 0.29) is 23.4 Å². The second-order valence-electron chi connectivity index (χ2n) is 3.94. The number of nitrogen functional groups attached to an aromatic ring is 1. The molecule has 1 heterocycles. The van der Waals surface area contributed by atoms with Gasteiger partial charge >= 0.3 is 0 Å². The lowest BCUT2D eigenvalue weighted by atomic mass is 10.1. The van der Waals surface area contributed by atoms with E-state index in [4.69, 9.17) is 5.73 Å². The van der Waals surface area contributed by atoms with Crippen LogP contribution in [0, 0.1) is 0 Å². The van der Waals surface area contributed by atoms with Crippen molar-refractivity contribution in [2.45, 2.75) is 13.0 Å². The zero-order valence-corrected chi connectivity index (χ0v) is 9.84. The number of carbonyl (C=O) groups excluding carboxylic acids is 1. The summed E-state index contributed by atoms with van der Waals surface area (Å²) in [4.78, 5) is 18.9. The fourth-order valence-corrected chi connectivity index (χ4v) is 1.55. The number of nitrogens with zero attached hydrogens (tertiary/aromatic N) is 1. The number of amides is 1. The second kappa shape index (κ2) is 4.79. The summed E-state index contributed by atoms with van der Waals surface area (Å²) in [7, 11) is 0. The Hall–Kier alpha value is -2.50. The van der Waals surface area contributed by atoms with Gasteiger partial charge in [-0.3, -0.25) is 4.79 Å². The van der Waals surface area contributed by atoms with Crippen LogP contribution in [0.25, 0.3) is 0 Å². The summed E-state index contributed by atoms with van der Waals surface area (Å²) in [6.07, 6.45) is 3.31. The van der Waals surface area contributed by atoms with Gasteiger partial charge in [0.15, 0.2) is 0 Å². The highest BCUT2D eigenvalue weighted by Gasteiger charge is 2.13. The second-order valence-corrected chi connectivity index (χ2v) is 3.94. The number of rotatable bonds is 3. The van der Waals surface area contributed by atoms with Gasteiger partial charge in [-0.25, -0.2) is 4.98 Å². The summed E-state index contributed by atoms with van der Waals surface area (Å²) in [5.41, 5.74) is 6.06. The number of anilines is 1. The molecule has 0 bridgehead atoms. The number of phenolic OH excluding ortho intramolecular Hbond substituents is 1. The summed E-state index contributed by atoms with van der Waals surface area (Å²) in [6, 6.07) is 4.13. The summed E-state index contributed by atoms with van der Waals surface area (Å²) in [5.74, 6) is 0.269. The van der Waals surface area contributed by atoms with Crippen molar-refractivity contribution in [3.05, 3.63) is 42.0 Å². The lowest BCUT2D eigenvalue weighted by Gasteiger charge is -2.11. The topological polar surface area (TPSA) is 104 Å². The Morgan fingerprint density at radius 3 is 2.94 bits per heavy atom. The molecule has 2 rings (SSSR count). The van der Waals surface area contributed by atoms with Gasteiger partial charge in [-0.05, 0) is 25.1 Å². The normalized spacial score (nSPS) is 12.1. The van der Waals surface area contributed by atoms with Gasteiger partial charge < -0.3 is 21.1 Å². The number of carbonyl (C=O) groups is 1. The number of aromatic nitrogens is 2. The SMILES string of the molecule is CC(NC(=O)c1ccc(N)c(O)c1)c1ncc[nH]1. The quantitative estimate of drug-likeness (QED) is 0.482. The third-order valence-electron chi connectivity index (χ3n) is 2.57. The Kier molecular flexibility index (Phi) is 3.18. The fourth-order valence-electron chi connectivity index (χ4n) is 1.55. The largest absolute Gasteiger partial charge is 0.506 e. The molecule has 1 unspecified atom stereocenters. The molecule has 5 N–H and O–H groups in total. The van der Waals surface area contributed by atoms with Crippen LogP contribution < -0.4 is 11.1 Å². The smallest absolute Gasteiger partial charge is 0.251 e. The zero-order chi connectivity index (χ0) is 13.1. The van der Waals surface area contributed by atoms with Crippen LogP contribution in [0.3, 0.4) is 0 Å². The molecule has 0 radical (unpaired) electrons. The van der Waals surface area contributed by atoms with Crippen molar-refractivity contribution in [2.75, 3.05) is 5.73 Å². The summed E-state index contributed by atoms with van der Waals surface area (Å²) in [6.45, 7) is 1.81. The van der Waals surface area contributed by atoms with Gasteiger partial charge in [0.2, 0.25) is 0 Å². The van der Waals surface area contributed by atoms with Crippen LogP contribution in [0.1, 0.15) is 29.1 Å². The lowest BCUT2D eigenvalue weighted by Crippen LogP contribution is -2.27. The Balaban J connectivity index is 2.10. The molecule has 1 atom stereocenters. The van der Waals surface area contributed by atoms with Gasteiger partial charge in [0.25, 0.3) is 5.91 Å². The maximum atomic E-state index is 11.9. The van der Waals surface area contributed by atoms with E-state index in [1.807, 2.05) is 6.92 Å². The minimum Gasteiger partial charge on any atom is -0.506 e. The number of imidazole rings is 1. The van der Waals surface area contributed by atoms with Crippen LogP contribution >= 0.6 is 0 Å². The van der Waals surface area contributed by atoms with Gasteiger partial charge in [-0.15, -0.1) is 0 Å². The van der Waals surface area contributed by atoms with Gasteiger partial charge in [0.1, 0.15) is 11.6 Å². The Morgan fingerprint density at radius 2 is 2.33 bits per heavy atom. The molecule has 2 aromatic rings. The van der Waals surface area contributed by atoms with Crippen LogP contribution in [0.5, 0.6) is 5.75 Å². The summed E-state index contributed by atoms with van der Waals surface area (Å²) >= 11 is 0. The van der Waals surface area contributed by atoms with Crippen molar-refractivity contribution in [2.24, 2.45) is 0 Å². The molecule has 0 saturated carbocycles. The van der Waals surface area contributed by atoms with Crippen LogP contribution in [0.15, 0.2) is 30.6 Å². The van der Waals surface area contributed by atoms with Crippen molar-refractivity contribution in [3.8, 4) is 5.75 Å². The van der Waals surface area contributed by atoms with E-state index >= 15 is 0 Å². The first-order valence-corrected chi connectivity index (χ1v) is 5.46. The highest BCUT2D eigenvalue weighted by Crippen LogP contribution is 2.21. The molecule has 94 valence electrons. The molecular formula is C12H14N4O2. The van der Waals surface area contributed by atoms with Crippen molar-refractivity contribution in [3.63, 3.8) is 0 Å². The molecule has 0 aliphatic rings. The molecule has 1 aromatic carbocycles. The van der Waals surface area contributed by atoms with E-state index in [9.17, 15) is 9.90 Å². The number of nitrogens with one attached hydrogen (secondary N) is 2. The van der Waals surface area contributed by atoms with Crippen molar-refractivity contribution in [1.82, 2.24) is 15.3 Å².